The van der Waals surface area contributed by atoms with Gasteiger partial charge in [-0.15, -0.1) is 0 Å². The van der Waals surface area contributed by atoms with Crippen LogP contribution in [0.4, 0.5) is 0 Å². The Labute approximate surface area is 126 Å². The quantitative estimate of drug-likeness (QED) is 0.917. The van der Waals surface area contributed by atoms with Gasteiger partial charge < -0.3 is 9.88 Å². The second kappa shape index (κ2) is 4.99. The van der Waals surface area contributed by atoms with Gasteiger partial charge in [0.2, 0.25) is 0 Å². The van der Waals surface area contributed by atoms with E-state index >= 15 is 0 Å². The highest BCUT2D eigenvalue weighted by molar-refractivity contribution is 5.34. The van der Waals surface area contributed by atoms with Crippen LogP contribution in [-0.4, -0.2) is 22.6 Å². The van der Waals surface area contributed by atoms with Gasteiger partial charge in [-0.25, -0.2) is 4.98 Å². The fourth-order valence-corrected chi connectivity index (χ4v) is 4.07. The molecule has 3 heteroatoms. The lowest BCUT2D eigenvalue weighted by Crippen LogP contribution is -2.30. The van der Waals surface area contributed by atoms with E-state index in [1.165, 1.54) is 42.5 Å². The zero-order chi connectivity index (χ0) is 14.3. The molecule has 2 atom stereocenters. The monoisotopic (exact) mass is 281 g/mol. The van der Waals surface area contributed by atoms with Crippen molar-refractivity contribution in [3.8, 4) is 0 Å². The molecule has 1 fully saturated rings. The fourth-order valence-electron chi connectivity index (χ4n) is 4.07. The minimum atomic E-state index is 0.225. The minimum Gasteiger partial charge on any atom is -0.326 e. The van der Waals surface area contributed by atoms with Gasteiger partial charge in [0.15, 0.2) is 0 Å². The van der Waals surface area contributed by atoms with Crippen molar-refractivity contribution in [2.75, 3.05) is 13.1 Å². The van der Waals surface area contributed by atoms with Gasteiger partial charge in [0.25, 0.3) is 0 Å². The predicted octanol–water partition coefficient (Wildman–Crippen LogP) is 3.06. The van der Waals surface area contributed by atoms with Gasteiger partial charge >= 0.3 is 0 Å². The van der Waals surface area contributed by atoms with Crippen molar-refractivity contribution < 1.29 is 0 Å². The molecule has 0 amide bonds. The first kappa shape index (κ1) is 13.1. The summed E-state index contributed by atoms with van der Waals surface area (Å²) in [4.78, 5) is 4.50. The van der Waals surface area contributed by atoms with Crippen LogP contribution in [0.2, 0.25) is 0 Å². The van der Waals surface area contributed by atoms with E-state index < -0.39 is 0 Å². The number of aromatic nitrogens is 2. The molecule has 0 bridgehead atoms. The van der Waals surface area contributed by atoms with E-state index in [-0.39, 0.29) is 5.41 Å². The van der Waals surface area contributed by atoms with Crippen LogP contribution < -0.4 is 5.32 Å². The maximum atomic E-state index is 4.50. The summed E-state index contributed by atoms with van der Waals surface area (Å²) in [6, 6.07) is 9.39. The highest BCUT2D eigenvalue weighted by Gasteiger charge is 2.35. The summed E-state index contributed by atoms with van der Waals surface area (Å²) in [5, 5.41) is 3.51. The van der Waals surface area contributed by atoms with Crippen LogP contribution in [0, 0.1) is 0 Å². The lowest BCUT2D eigenvalue weighted by Gasteiger charge is -2.32. The number of hydrogen-bond acceptors (Lipinski definition) is 2. The van der Waals surface area contributed by atoms with E-state index in [9.17, 15) is 0 Å². The largest absolute Gasteiger partial charge is 0.326 e. The number of nitrogens with one attached hydrogen (secondary N) is 1. The van der Waals surface area contributed by atoms with E-state index in [0.717, 1.165) is 13.1 Å². The molecule has 0 saturated carbocycles. The van der Waals surface area contributed by atoms with Gasteiger partial charge in [-0.1, -0.05) is 31.2 Å². The molecular weight excluding hydrogens is 258 g/mol. The van der Waals surface area contributed by atoms with Gasteiger partial charge in [-0.05, 0) is 43.4 Å². The Morgan fingerprint density at radius 2 is 2.24 bits per heavy atom. The normalized spacial score (nSPS) is 28.5. The Morgan fingerprint density at radius 1 is 1.33 bits per heavy atom. The Kier molecular flexibility index (Phi) is 3.11. The second-order valence-electron chi connectivity index (χ2n) is 6.78. The highest BCUT2D eigenvalue weighted by atomic mass is 15.1. The second-order valence-corrected chi connectivity index (χ2v) is 6.78. The molecule has 1 saturated heterocycles. The van der Waals surface area contributed by atoms with Crippen LogP contribution in [-0.2, 0) is 11.8 Å². The minimum absolute atomic E-state index is 0.225. The summed E-state index contributed by atoms with van der Waals surface area (Å²) in [6.07, 6.45) is 9.05. The summed E-state index contributed by atoms with van der Waals surface area (Å²) >= 11 is 0. The number of hydrogen-bond donors (Lipinski definition) is 1. The van der Waals surface area contributed by atoms with Crippen molar-refractivity contribution in [1.29, 1.82) is 0 Å². The smallest absolute Gasteiger partial charge is 0.0954 e. The molecule has 1 aromatic heterocycles. The van der Waals surface area contributed by atoms with Crippen LogP contribution >= 0.6 is 0 Å². The fraction of sp³-hybridized carbons (Fsp3) is 0.500. The third-order valence-electron chi connectivity index (χ3n) is 5.33. The average molecular weight is 281 g/mol. The summed E-state index contributed by atoms with van der Waals surface area (Å²) in [5.41, 5.74) is 4.64. The average Bonchev–Trinajstić information content (AvgIpc) is 3.16. The maximum absolute atomic E-state index is 4.50. The van der Waals surface area contributed by atoms with E-state index in [1.54, 1.807) is 0 Å². The molecule has 4 rings (SSSR count). The molecule has 1 aliphatic heterocycles. The molecule has 2 heterocycles. The van der Waals surface area contributed by atoms with Crippen LogP contribution in [0.1, 0.15) is 49.0 Å². The first-order valence-electron chi connectivity index (χ1n) is 8.09. The molecule has 2 unspecified atom stereocenters. The van der Waals surface area contributed by atoms with Gasteiger partial charge in [0.05, 0.1) is 12.4 Å². The number of imidazole rings is 1. The summed E-state index contributed by atoms with van der Waals surface area (Å²) in [5.74, 6) is 0. The van der Waals surface area contributed by atoms with E-state index in [2.05, 4.69) is 52.3 Å². The Balaban J connectivity index is 1.77. The van der Waals surface area contributed by atoms with Gasteiger partial charge in [0, 0.05) is 23.9 Å². The van der Waals surface area contributed by atoms with E-state index in [0.29, 0.717) is 6.04 Å². The number of fused-ring (bicyclic) bond motifs is 1. The van der Waals surface area contributed by atoms with Crippen LogP contribution in [0.5, 0.6) is 0 Å². The van der Waals surface area contributed by atoms with Crippen molar-refractivity contribution in [1.82, 2.24) is 14.9 Å². The molecule has 1 N–H and O–H groups in total. The summed E-state index contributed by atoms with van der Waals surface area (Å²) < 4.78 is 2.45. The molecule has 1 aliphatic carbocycles. The molecule has 110 valence electrons. The van der Waals surface area contributed by atoms with E-state index in [4.69, 9.17) is 0 Å². The first-order chi connectivity index (χ1) is 10.3. The molecular formula is C18H23N3. The highest BCUT2D eigenvalue weighted by Crippen LogP contribution is 2.37. The van der Waals surface area contributed by atoms with Crippen molar-refractivity contribution in [2.45, 2.75) is 44.1 Å². The summed E-state index contributed by atoms with van der Waals surface area (Å²) in [6.45, 7) is 4.55. The Bertz CT molecular complexity index is 637. The third kappa shape index (κ3) is 2.11. The van der Waals surface area contributed by atoms with Crippen LogP contribution in [0.25, 0.3) is 0 Å². The van der Waals surface area contributed by atoms with Crippen LogP contribution in [0.3, 0.4) is 0 Å². The molecule has 1 aromatic carbocycles. The van der Waals surface area contributed by atoms with Crippen molar-refractivity contribution in [2.24, 2.45) is 0 Å². The Hall–Kier alpha value is -1.61. The van der Waals surface area contributed by atoms with E-state index in [1.807, 2.05) is 6.33 Å². The number of aryl methyl sites for hydroxylation is 1. The molecule has 3 nitrogen and oxygen atoms in total. The lowest BCUT2D eigenvalue weighted by atomic mass is 9.83. The van der Waals surface area contributed by atoms with Gasteiger partial charge in [-0.3, -0.25) is 0 Å². The standard InChI is InChI=1S/C18H23N3/c1-18(9-10-19-12-18)17-11-20-13-21(17)16-8-4-6-14-5-2-3-7-15(14)16/h2-3,5,7,11,13,16,19H,4,6,8-10,12H2,1H3. The number of nitrogens with zero attached hydrogens (tertiary/aromatic N) is 2. The third-order valence-corrected chi connectivity index (χ3v) is 5.33. The Morgan fingerprint density at radius 3 is 3.10 bits per heavy atom. The predicted molar refractivity (Wildman–Crippen MR) is 84.6 cm³/mol. The molecule has 2 aromatic rings. The molecule has 0 radical (unpaired) electrons. The van der Waals surface area contributed by atoms with Gasteiger partial charge in [-0.2, -0.15) is 0 Å². The van der Waals surface area contributed by atoms with Crippen molar-refractivity contribution in [3.05, 3.63) is 53.6 Å². The van der Waals surface area contributed by atoms with Crippen LogP contribution in [0.15, 0.2) is 36.8 Å². The lowest BCUT2D eigenvalue weighted by molar-refractivity contribution is 0.420. The zero-order valence-corrected chi connectivity index (χ0v) is 12.7. The first-order valence-corrected chi connectivity index (χ1v) is 8.09. The SMILES string of the molecule is CC1(c2cncn2C2CCCc3ccccc32)CCNC1. The maximum Gasteiger partial charge on any atom is 0.0954 e. The molecule has 2 aliphatic rings. The number of rotatable bonds is 2. The van der Waals surface area contributed by atoms with Crippen molar-refractivity contribution >= 4 is 0 Å². The number of benzene rings is 1. The topological polar surface area (TPSA) is 29.9 Å². The van der Waals surface area contributed by atoms with Crippen molar-refractivity contribution in [3.63, 3.8) is 0 Å². The zero-order valence-electron chi connectivity index (χ0n) is 12.7. The van der Waals surface area contributed by atoms with Gasteiger partial charge in [0.1, 0.15) is 0 Å². The summed E-state index contributed by atoms with van der Waals surface area (Å²) in [7, 11) is 0. The molecule has 21 heavy (non-hydrogen) atoms. The molecule has 0 spiro atoms.